The van der Waals surface area contributed by atoms with E-state index < -0.39 is 0 Å². The summed E-state index contributed by atoms with van der Waals surface area (Å²) in [5.74, 6) is 0.882. The molecule has 0 spiro atoms. The minimum Gasteiger partial charge on any atom is -1.00 e. The lowest BCUT2D eigenvalue weighted by atomic mass is 10.0. The molecule has 0 amide bonds. The van der Waals surface area contributed by atoms with Crippen molar-refractivity contribution in [1.29, 1.82) is 0 Å². The van der Waals surface area contributed by atoms with Crippen molar-refractivity contribution in [3.63, 3.8) is 0 Å². The molecule has 0 aliphatic rings. The van der Waals surface area contributed by atoms with Crippen LogP contribution in [0.5, 0.6) is 0 Å². The monoisotopic (exact) mass is 336 g/mol. The summed E-state index contributed by atoms with van der Waals surface area (Å²) < 4.78 is 0. The van der Waals surface area contributed by atoms with E-state index in [1.807, 2.05) is 42.5 Å². The van der Waals surface area contributed by atoms with Crippen molar-refractivity contribution in [2.75, 3.05) is 18.3 Å². The summed E-state index contributed by atoms with van der Waals surface area (Å²) in [6.45, 7) is 0. The zero-order valence-corrected chi connectivity index (χ0v) is 13.5. The second-order valence-corrected chi connectivity index (χ2v) is 6.76. The van der Waals surface area contributed by atoms with Crippen LogP contribution in [0.1, 0.15) is 10.4 Å². The number of Topliss-reactive ketones (excluding diaryl/α,β-unsaturated/α-hetero) is 1. The summed E-state index contributed by atoms with van der Waals surface area (Å²) in [6.07, 6.45) is 4.19. The molecule has 0 fully saturated rings. The summed E-state index contributed by atoms with van der Waals surface area (Å²) in [5, 5.41) is 0. The van der Waals surface area contributed by atoms with E-state index >= 15 is 0 Å². The molecule has 100 valence electrons. The first kappa shape index (κ1) is 16.0. The lowest BCUT2D eigenvalue weighted by Crippen LogP contribution is -3.00. The van der Waals surface area contributed by atoms with Gasteiger partial charge in [0.05, 0.1) is 12.5 Å². The van der Waals surface area contributed by atoms with Gasteiger partial charge in [0.25, 0.3) is 0 Å². The number of hydrogen-bond acceptors (Lipinski definition) is 1. The Morgan fingerprint density at radius 3 is 1.95 bits per heavy atom. The number of carbonyl (C=O) groups excluding carboxylic acids is 1. The fourth-order valence-electron chi connectivity index (χ4n) is 1.82. The average molecular weight is 337 g/mol. The molecule has 0 unspecified atom stereocenters. The van der Waals surface area contributed by atoms with Crippen LogP contribution in [0, 0.1) is 0 Å². The van der Waals surface area contributed by atoms with Gasteiger partial charge < -0.3 is 17.0 Å². The largest absolute Gasteiger partial charge is 1.00 e. The third-order valence-electron chi connectivity index (χ3n) is 2.73. The molecule has 0 aromatic heterocycles. The summed E-state index contributed by atoms with van der Waals surface area (Å²) >= 11 is 0. The second-order valence-electron chi connectivity index (χ2n) is 4.50. The van der Waals surface area contributed by atoms with Gasteiger partial charge in [-0.25, -0.2) is 0 Å². The Balaban J connectivity index is 0.00000180. The Hall–Kier alpha value is -1.06. The molecular weight excluding hydrogens is 320 g/mol. The van der Waals surface area contributed by atoms with Crippen molar-refractivity contribution in [3.8, 4) is 11.1 Å². The number of benzene rings is 2. The summed E-state index contributed by atoms with van der Waals surface area (Å²) in [6, 6.07) is 18.1. The van der Waals surface area contributed by atoms with Gasteiger partial charge in [-0.1, -0.05) is 54.6 Å². The Morgan fingerprint density at radius 2 is 1.42 bits per heavy atom. The Morgan fingerprint density at radius 1 is 0.895 bits per heavy atom. The van der Waals surface area contributed by atoms with Crippen LogP contribution in [-0.4, -0.2) is 24.0 Å². The highest BCUT2D eigenvalue weighted by molar-refractivity contribution is 7.96. The van der Waals surface area contributed by atoms with Gasteiger partial charge in [-0.05, 0) is 22.0 Å². The third kappa shape index (κ3) is 4.51. The maximum Gasteiger partial charge on any atom is 0.211 e. The maximum absolute atomic E-state index is 11.9. The highest BCUT2D eigenvalue weighted by Crippen LogP contribution is 2.19. The lowest BCUT2D eigenvalue weighted by molar-refractivity contribution is -0.0000116. The minimum absolute atomic E-state index is 0. The highest BCUT2D eigenvalue weighted by atomic mass is 79.9. The first-order chi connectivity index (χ1) is 8.66. The molecular formula is C16H17BrOS. The quantitative estimate of drug-likeness (QED) is 0.584. The van der Waals surface area contributed by atoms with Crippen LogP contribution in [0.2, 0.25) is 0 Å². The van der Waals surface area contributed by atoms with Crippen LogP contribution in [0.15, 0.2) is 54.6 Å². The molecule has 0 bridgehead atoms. The van der Waals surface area contributed by atoms with Crippen molar-refractivity contribution in [3.05, 3.63) is 60.2 Å². The van der Waals surface area contributed by atoms with E-state index in [0.717, 1.165) is 11.1 Å². The smallest absolute Gasteiger partial charge is 0.211 e. The molecule has 2 aromatic rings. The number of halogens is 1. The molecule has 19 heavy (non-hydrogen) atoms. The van der Waals surface area contributed by atoms with Crippen molar-refractivity contribution in [1.82, 2.24) is 0 Å². The van der Waals surface area contributed by atoms with Crippen LogP contribution < -0.4 is 17.0 Å². The molecule has 3 heteroatoms. The first-order valence-corrected chi connectivity index (χ1v) is 8.11. The second kappa shape index (κ2) is 7.51. The van der Waals surface area contributed by atoms with Gasteiger partial charge in [-0.2, -0.15) is 0 Å². The Bertz CT molecular complexity index is 520. The van der Waals surface area contributed by atoms with E-state index in [0.29, 0.717) is 5.75 Å². The normalized spacial score (nSPS) is 10.1. The third-order valence-corrected chi connectivity index (χ3v) is 3.57. The van der Waals surface area contributed by atoms with Crippen molar-refractivity contribution < 1.29 is 21.8 Å². The van der Waals surface area contributed by atoms with Gasteiger partial charge in [0.2, 0.25) is 5.78 Å². The Kier molecular flexibility index (Phi) is 6.32. The van der Waals surface area contributed by atoms with E-state index in [1.165, 1.54) is 5.56 Å². The zero-order valence-electron chi connectivity index (χ0n) is 11.1. The summed E-state index contributed by atoms with van der Waals surface area (Å²) in [5.41, 5.74) is 3.15. The molecule has 0 N–H and O–H groups in total. The number of hydrogen-bond donors (Lipinski definition) is 0. The fourth-order valence-corrected chi connectivity index (χ4v) is 2.52. The van der Waals surface area contributed by atoms with Crippen molar-refractivity contribution >= 4 is 16.7 Å². The SMILES string of the molecule is C[S+](C)CC(=O)c1ccc(-c2ccccc2)cc1.[Br-]. The van der Waals surface area contributed by atoms with Crippen LogP contribution >= 0.6 is 0 Å². The van der Waals surface area contributed by atoms with Gasteiger partial charge in [0.15, 0.2) is 5.75 Å². The van der Waals surface area contributed by atoms with E-state index in [2.05, 4.69) is 24.6 Å². The van der Waals surface area contributed by atoms with Crippen LogP contribution in [0.4, 0.5) is 0 Å². The summed E-state index contributed by atoms with van der Waals surface area (Å²) in [7, 11) is 0.163. The molecule has 0 heterocycles. The number of carbonyl (C=O) groups is 1. The topological polar surface area (TPSA) is 17.1 Å². The van der Waals surface area contributed by atoms with Gasteiger partial charge in [-0.15, -0.1) is 0 Å². The molecule has 0 aliphatic carbocycles. The van der Waals surface area contributed by atoms with Crippen molar-refractivity contribution in [2.24, 2.45) is 0 Å². The highest BCUT2D eigenvalue weighted by Gasteiger charge is 2.13. The average Bonchev–Trinajstić information content (AvgIpc) is 2.39. The van der Waals surface area contributed by atoms with Crippen molar-refractivity contribution in [2.45, 2.75) is 0 Å². The minimum atomic E-state index is 0. The molecule has 0 saturated heterocycles. The molecule has 0 aliphatic heterocycles. The van der Waals surface area contributed by atoms with Gasteiger partial charge >= 0.3 is 0 Å². The standard InChI is InChI=1S/C16H17OS.BrH/c1-18(2)12-16(17)15-10-8-14(9-11-15)13-6-4-3-5-7-13;/h3-11H,12H2,1-2H3;1H/q+1;/p-1. The summed E-state index contributed by atoms with van der Waals surface area (Å²) in [4.78, 5) is 11.9. The maximum atomic E-state index is 11.9. The van der Waals surface area contributed by atoms with Gasteiger partial charge in [0, 0.05) is 5.56 Å². The van der Waals surface area contributed by atoms with Crippen LogP contribution in [0.25, 0.3) is 11.1 Å². The van der Waals surface area contributed by atoms with Crippen LogP contribution in [-0.2, 0) is 10.9 Å². The van der Waals surface area contributed by atoms with E-state index in [1.54, 1.807) is 0 Å². The molecule has 0 atom stereocenters. The molecule has 2 aromatic carbocycles. The molecule has 1 nitrogen and oxygen atoms in total. The lowest BCUT2D eigenvalue weighted by Gasteiger charge is -2.03. The van der Waals surface area contributed by atoms with E-state index in [4.69, 9.17) is 0 Å². The molecule has 0 radical (unpaired) electrons. The van der Waals surface area contributed by atoms with Gasteiger partial charge in [-0.3, -0.25) is 4.79 Å². The predicted molar refractivity (Wildman–Crippen MR) is 80.3 cm³/mol. The fraction of sp³-hybridized carbons (Fsp3) is 0.188. The molecule has 0 saturated carbocycles. The predicted octanol–water partition coefficient (Wildman–Crippen LogP) is 0.418. The van der Waals surface area contributed by atoms with Gasteiger partial charge in [0.1, 0.15) is 0 Å². The van der Waals surface area contributed by atoms with E-state index in [-0.39, 0.29) is 33.7 Å². The Labute approximate surface area is 128 Å². The molecule has 2 rings (SSSR count). The number of ketones is 1. The number of rotatable bonds is 4. The van der Waals surface area contributed by atoms with E-state index in [9.17, 15) is 4.79 Å². The first-order valence-electron chi connectivity index (χ1n) is 5.89. The van der Waals surface area contributed by atoms with Crippen LogP contribution in [0.3, 0.4) is 0 Å². The zero-order chi connectivity index (χ0) is 13.0.